The highest BCUT2D eigenvalue weighted by Gasteiger charge is 2.62. The molecule has 32 heavy (non-hydrogen) atoms. The van der Waals surface area contributed by atoms with E-state index in [2.05, 4.69) is 5.43 Å². The van der Waals surface area contributed by atoms with Crippen LogP contribution in [0, 0.1) is 11.8 Å². The second-order valence-corrected chi connectivity index (χ2v) is 9.19. The second kappa shape index (κ2) is 6.92. The van der Waals surface area contributed by atoms with Gasteiger partial charge in [-0.3, -0.25) is 19.8 Å². The summed E-state index contributed by atoms with van der Waals surface area (Å²) in [7, 11) is 0. The van der Waals surface area contributed by atoms with E-state index in [9.17, 15) is 14.4 Å². The molecule has 1 N–H and O–H groups in total. The molecule has 3 aromatic carbocycles. The summed E-state index contributed by atoms with van der Waals surface area (Å²) in [5.41, 5.74) is 6.95. The van der Waals surface area contributed by atoms with Crippen LogP contribution in [-0.2, 0) is 9.59 Å². The molecule has 1 fully saturated rings. The molecule has 2 atom stereocenters. The highest BCUT2D eigenvalue weighted by Crippen LogP contribution is 2.60. The van der Waals surface area contributed by atoms with Crippen LogP contribution in [0.25, 0.3) is 0 Å². The van der Waals surface area contributed by atoms with Crippen LogP contribution in [0.3, 0.4) is 0 Å². The third-order valence-corrected chi connectivity index (χ3v) is 7.39. The topological polar surface area (TPSA) is 66.5 Å². The van der Waals surface area contributed by atoms with Gasteiger partial charge in [-0.25, -0.2) is 0 Å². The molecule has 2 bridgehead atoms. The van der Waals surface area contributed by atoms with E-state index in [-0.39, 0.29) is 22.4 Å². The molecular formula is C25H16Cl2N2O3. The number of carbonyl (C=O) groups is 3. The Morgan fingerprint density at radius 2 is 1.22 bits per heavy atom. The summed E-state index contributed by atoms with van der Waals surface area (Å²) in [4.78, 5) is 39.9. The molecule has 1 heterocycles. The average Bonchev–Trinajstić information content (AvgIpc) is 3.04. The fraction of sp³-hybridized carbons (Fsp3) is 0.160. The van der Waals surface area contributed by atoms with Crippen LogP contribution in [-0.4, -0.2) is 22.7 Å². The van der Waals surface area contributed by atoms with Crippen molar-refractivity contribution in [3.8, 4) is 0 Å². The van der Waals surface area contributed by atoms with E-state index in [0.717, 1.165) is 27.3 Å². The van der Waals surface area contributed by atoms with E-state index in [1.165, 1.54) is 18.2 Å². The molecule has 1 aliphatic heterocycles. The zero-order valence-corrected chi connectivity index (χ0v) is 18.1. The molecular weight excluding hydrogens is 447 g/mol. The molecule has 7 rings (SSSR count). The van der Waals surface area contributed by atoms with Gasteiger partial charge >= 0.3 is 0 Å². The van der Waals surface area contributed by atoms with Gasteiger partial charge in [-0.15, -0.1) is 0 Å². The zero-order valence-electron chi connectivity index (χ0n) is 16.6. The van der Waals surface area contributed by atoms with Gasteiger partial charge in [0.25, 0.3) is 17.7 Å². The zero-order chi connectivity index (χ0) is 22.1. The van der Waals surface area contributed by atoms with Crippen LogP contribution in [0.15, 0.2) is 66.7 Å². The summed E-state index contributed by atoms with van der Waals surface area (Å²) >= 11 is 12.1. The van der Waals surface area contributed by atoms with Gasteiger partial charge in [-0.1, -0.05) is 71.7 Å². The first-order valence-corrected chi connectivity index (χ1v) is 11.0. The number of nitrogens with one attached hydrogen (secondary N) is 1. The van der Waals surface area contributed by atoms with Gasteiger partial charge < -0.3 is 0 Å². The number of rotatable bonds is 2. The minimum absolute atomic E-state index is 0.140. The molecule has 1 saturated heterocycles. The Kier molecular flexibility index (Phi) is 4.23. The fourth-order valence-electron chi connectivity index (χ4n) is 5.62. The van der Waals surface area contributed by atoms with Crippen molar-refractivity contribution in [1.82, 2.24) is 10.4 Å². The Balaban J connectivity index is 1.41. The van der Waals surface area contributed by atoms with Crippen molar-refractivity contribution in [3.63, 3.8) is 0 Å². The molecule has 7 heteroatoms. The summed E-state index contributed by atoms with van der Waals surface area (Å²) in [5.74, 6) is -2.98. The number of benzene rings is 3. The third-order valence-electron chi connectivity index (χ3n) is 6.84. The largest absolute Gasteiger partial charge is 0.272 e. The lowest BCUT2D eigenvalue weighted by Gasteiger charge is -2.45. The summed E-state index contributed by atoms with van der Waals surface area (Å²) < 4.78 is 0. The summed E-state index contributed by atoms with van der Waals surface area (Å²) in [6.07, 6.45) is 0. The van der Waals surface area contributed by atoms with Crippen molar-refractivity contribution >= 4 is 40.9 Å². The van der Waals surface area contributed by atoms with Gasteiger partial charge in [-0.2, -0.15) is 5.01 Å². The molecule has 4 aliphatic rings. The molecule has 3 aromatic rings. The molecule has 0 aromatic heterocycles. The van der Waals surface area contributed by atoms with E-state index in [1.807, 2.05) is 48.5 Å². The predicted octanol–water partition coefficient (Wildman–Crippen LogP) is 4.53. The van der Waals surface area contributed by atoms with Gasteiger partial charge in [0.1, 0.15) is 0 Å². The predicted molar refractivity (Wildman–Crippen MR) is 119 cm³/mol. The van der Waals surface area contributed by atoms with Gasteiger partial charge in [-0.05, 0) is 40.5 Å². The van der Waals surface area contributed by atoms with E-state index in [1.54, 1.807) is 0 Å². The van der Waals surface area contributed by atoms with E-state index in [4.69, 9.17) is 23.2 Å². The monoisotopic (exact) mass is 462 g/mol. The maximum absolute atomic E-state index is 13.5. The fourth-order valence-corrected chi connectivity index (χ4v) is 6.12. The summed E-state index contributed by atoms with van der Waals surface area (Å²) in [6.45, 7) is 0. The van der Waals surface area contributed by atoms with Crippen LogP contribution >= 0.6 is 23.2 Å². The van der Waals surface area contributed by atoms with Crippen molar-refractivity contribution in [1.29, 1.82) is 0 Å². The molecule has 0 saturated carbocycles. The second-order valence-electron chi connectivity index (χ2n) is 8.34. The molecule has 3 aliphatic carbocycles. The lowest BCUT2D eigenvalue weighted by molar-refractivity contribution is -0.142. The van der Waals surface area contributed by atoms with Gasteiger partial charge in [0, 0.05) is 16.9 Å². The SMILES string of the molecule is O=C(NN1C(=O)[C@H]2C3c4ccccc4C(c4ccccc43)[C@@H]2C1=O)c1ccc(Cl)cc1Cl. The van der Waals surface area contributed by atoms with E-state index in [0.29, 0.717) is 5.02 Å². The first kappa shape index (κ1) is 19.5. The van der Waals surface area contributed by atoms with Crippen molar-refractivity contribution in [3.05, 3.63) is 105 Å². The smallest absolute Gasteiger partial charge is 0.271 e. The van der Waals surface area contributed by atoms with Crippen molar-refractivity contribution in [2.24, 2.45) is 11.8 Å². The Hall–Kier alpha value is -3.15. The molecule has 0 spiro atoms. The highest BCUT2D eigenvalue weighted by molar-refractivity contribution is 6.36. The number of hydrogen-bond acceptors (Lipinski definition) is 3. The highest BCUT2D eigenvalue weighted by atomic mass is 35.5. The summed E-state index contributed by atoms with van der Waals surface area (Å²) in [5, 5.41) is 1.42. The molecule has 158 valence electrons. The third kappa shape index (κ3) is 2.55. The number of nitrogens with zero attached hydrogens (tertiary/aromatic N) is 1. The lowest BCUT2D eigenvalue weighted by atomic mass is 9.55. The van der Waals surface area contributed by atoms with Gasteiger partial charge in [0.2, 0.25) is 0 Å². The van der Waals surface area contributed by atoms with Crippen molar-refractivity contribution in [2.45, 2.75) is 11.8 Å². The minimum atomic E-state index is -0.630. The van der Waals surface area contributed by atoms with E-state index >= 15 is 0 Å². The van der Waals surface area contributed by atoms with Gasteiger partial charge in [0.05, 0.1) is 22.4 Å². The van der Waals surface area contributed by atoms with Crippen LogP contribution < -0.4 is 5.43 Å². The number of imide groups is 1. The number of halogens is 2. The van der Waals surface area contributed by atoms with Gasteiger partial charge in [0.15, 0.2) is 0 Å². The lowest BCUT2D eigenvalue weighted by Crippen LogP contribution is -2.46. The minimum Gasteiger partial charge on any atom is -0.272 e. The van der Waals surface area contributed by atoms with Crippen molar-refractivity contribution < 1.29 is 14.4 Å². The quantitative estimate of drug-likeness (QED) is 0.568. The van der Waals surface area contributed by atoms with Crippen LogP contribution in [0.1, 0.15) is 44.4 Å². The normalized spacial score (nSPS) is 24.8. The molecule has 0 radical (unpaired) electrons. The molecule has 5 nitrogen and oxygen atoms in total. The van der Waals surface area contributed by atoms with E-state index < -0.39 is 29.6 Å². The maximum Gasteiger partial charge on any atom is 0.271 e. The Bertz CT molecular complexity index is 1220. The van der Waals surface area contributed by atoms with Crippen molar-refractivity contribution in [2.75, 3.05) is 0 Å². The number of carbonyl (C=O) groups excluding carboxylic acids is 3. The Labute approximate surface area is 193 Å². The number of hydrazine groups is 1. The first-order chi connectivity index (χ1) is 15.5. The molecule has 0 unspecified atom stereocenters. The number of hydrogen-bond donors (Lipinski definition) is 1. The average molecular weight is 463 g/mol. The standard InChI is InChI=1S/C25H16Cl2N2O3/c26-12-9-10-17(18(27)11-12)23(30)28-29-24(31)21-19-13-5-1-2-6-14(13)20(22(21)25(29)32)16-8-4-3-7-15(16)19/h1-11,19-22H,(H,28,30)/t19?,20?,21-,22-/m0/s1. The first-order valence-electron chi connectivity index (χ1n) is 10.3. The Morgan fingerprint density at radius 3 is 1.66 bits per heavy atom. The molecule has 3 amide bonds. The summed E-state index contributed by atoms with van der Waals surface area (Å²) in [6, 6.07) is 20.4. The Morgan fingerprint density at radius 1 is 0.750 bits per heavy atom. The number of amides is 3. The maximum atomic E-state index is 13.5. The van der Waals surface area contributed by atoms with Crippen LogP contribution in [0.5, 0.6) is 0 Å². The van der Waals surface area contributed by atoms with Crippen LogP contribution in [0.2, 0.25) is 10.0 Å². The van der Waals surface area contributed by atoms with Crippen LogP contribution in [0.4, 0.5) is 0 Å².